The second-order valence-corrected chi connectivity index (χ2v) is 9.59. The van der Waals surface area contributed by atoms with Gasteiger partial charge >= 0.3 is 0 Å². The van der Waals surface area contributed by atoms with Crippen LogP contribution < -0.4 is 5.32 Å². The summed E-state index contributed by atoms with van der Waals surface area (Å²) in [7, 11) is 0. The Hall–Kier alpha value is -3.97. The van der Waals surface area contributed by atoms with Crippen LogP contribution in [0.25, 0.3) is 33.5 Å². The number of fused-ring (bicyclic) bond motifs is 1. The largest absolute Gasteiger partial charge is 0.325 e. The molecular weight excluding hydrogens is 466 g/mol. The summed E-state index contributed by atoms with van der Waals surface area (Å²) in [6, 6.07) is 26.3. The van der Waals surface area contributed by atoms with Crippen molar-refractivity contribution in [2.45, 2.75) is 32.5 Å². The lowest BCUT2D eigenvalue weighted by atomic mass is 10.0. The van der Waals surface area contributed by atoms with Crippen molar-refractivity contribution in [3.63, 3.8) is 0 Å². The van der Waals surface area contributed by atoms with Crippen LogP contribution in [0.5, 0.6) is 0 Å². The Morgan fingerprint density at radius 2 is 1.72 bits per heavy atom. The van der Waals surface area contributed by atoms with E-state index in [0.29, 0.717) is 11.7 Å². The maximum absolute atomic E-state index is 12.7. The first-order valence-electron chi connectivity index (χ1n) is 11.9. The van der Waals surface area contributed by atoms with E-state index < -0.39 is 0 Å². The Balaban J connectivity index is 1.44. The number of benzene rings is 3. The first-order valence-corrected chi connectivity index (χ1v) is 12.9. The Kier molecular flexibility index (Phi) is 6.82. The number of para-hydroxylation sites is 1. The molecular formula is C29H27N5OS. The van der Waals surface area contributed by atoms with Crippen LogP contribution in [0.2, 0.25) is 0 Å². The molecule has 1 N–H and O–H groups in total. The average Bonchev–Trinajstić information content (AvgIpc) is 3.31. The Morgan fingerprint density at radius 3 is 2.50 bits per heavy atom. The molecule has 0 fully saturated rings. The summed E-state index contributed by atoms with van der Waals surface area (Å²) >= 11 is 1.39. The molecule has 1 amide bonds. The van der Waals surface area contributed by atoms with Gasteiger partial charge in [-0.1, -0.05) is 78.0 Å². The summed E-state index contributed by atoms with van der Waals surface area (Å²) in [6.45, 7) is 6.78. The van der Waals surface area contributed by atoms with E-state index in [9.17, 15) is 4.79 Å². The quantitative estimate of drug-likeness (QED) is 0.261. The molecule has 7 heteroatoms. The molecule has 0 aliphatic carbocycles. The van der Waals surface area contributed by atoms with Crippen molar-refractivity contribution in [1.82, 2.24) is 19.7 Å². The normalized spacial score (nSPS) is 11.1. The number of thioether (sulfide) groups is 1. The van der Waals surface area contributed by atoms with E-state index in [1.165, 1.54) is 17.3 Å². The topological polar surface area (TPSA) is 72.7 Å². The van der Waals surface area contributed by atoms with Gasteiger partial charge in [-0.05, 0) is 44.5 Å². The van der Waals surface area contributed by atoms with Crippen LogP contribution in [0.4, 0.5) is 5.69 Å². The Bertz CT molecular complexity index is 1540. The zero-order valence-corrected chi connectivity index (χ0v) is 21.3. The Labute approximate surface area is 214 Å². The van der Waals surface area contributed by atoms with Crippen molar-refractivity contribution in [2.24, 2.45) is 0 Å². The molecule has 5 aromatic rings. The minimum Gasteiger partial charge on any atom is -0.325 e. The number of carbonyl (C=O) groups is 1. The van der Waals surface area contributed by atoms with Crippen molar-refractivity contribution >= 4 is 34.3 Å². The lowest BCUT2D eigenvalue weighted by Crippen LogP contribution is -2.15. The van der Waals surface area contributed by atoms with E-state index in [1.54, 1.807) is 0 Å². The smallest absolute Gasteiger partial charge is 0.234 e. The van der Waals surface area contributed by atoms with Crippen LogP contribution in [0.1, 0.15) is 18.1 Å². The highest BCUT2D eigenvalue weighted by Crippen LogP contribution is 2.33. The number of amides is 1. The van der Waals surface area contributed by atoms with E-state index in [2.05, 4.69) is 57.3 Å². The highest BCUT2D eigenvalue weighted by atomic mass is 32.2. The summed E-state index contributed by atoms with van der Waals surface area (Å²) in [4.78, 5) is 17.6. The summed E-state index contributed by atoms with van der Waals surface area (Å²) in [5, 5.41) is 13.8. The second-order valence-electron chi connectivity index (χ2n) is 8.64. The van der Waals surface area contributed by atoms with Crippen LogP contribution in [0, 0.1) is 13.8 Å². The molecule has 0 aliphatic heterocycles. The van der Waals surface area contributed by atoms with Crippen molar-refractivity contribution < 1.29 is 4.79 Å². The van der Waals surface area contributed by atoms with Gasteiger partial charge in [-0.2, -0.15) is 0 Å². The molecule has 2 aromatic heterocycles. The number of hydrogen-bond donors (Lipinski definition) is 1. The second kappa shape index (κ2) is 10.3. The lowest BCUT2D eigenvalue weighted by molar-refractivity contribution is -0.113. The predicted octanol–water partition coefficient (Wildman–Crippen LogP) is 6.53. The molecule has 6 nitrogen and oxygen atoms in total. The lowest BCUT2D eigenvalue weighted by Gasteiger charge is -2.12. The van der Waals surface area contributed by atoms with E-state index in [-0.39, 0.29) is 11.7 Å². The van der Waals surface area contributed by atoms with Gasteiger partial charge in [0, 0.05) is 28.7 Å². The fourth-order valence-electron chi connectivity index (χ4n) is 4.27. The molecule has 5 rings (SSSR count). The maximum Gasteiger partial charge on any atom is 0.234 e. The maximum atomic E-state index is 12.7. The molecule has 0 aliphatic rings. The minimum atomic E-state index is -0.0696. The van der Waals surface area contributed by atoms with Crippen LogP contribution >= 0.6 is 11.8 Å². The van der Waals surface area contributed by atoms with Gasteiger partial charge in [-0.15, -0.1) is 10.2 Å². The number of aryl methyl sites for hydroxylation is 2. The van der Waals surface area contributed by atoms with Gasteiger partial charge in [0.2, 0.25) is 5.91 Å². The molecule has 0 saturated carbocycles. The molecule has 0 unspecified atom stereocenters. The third-order valence-electron chi connectivity index (χ3n) is 6.05. The molecule has 180 valence electrons. The fraction of sp³-hybridized carbons (Fsp3) is 0.172. The van der Waals surface area contributed by atoms with Gasteiger partial charge in [-0.25, -0.2) is 4.98 Å². The summed E-state index contributed by atoms with van der Waals surface area (Å²) < 4.78 is 2.06. The van der Waals surface area contributed by atoms with Gasteiger partial charge < -0.3 is 9.88 Å². The van der Waals surface area contributed by atoms with E-state index >= 15 is 0 Å². The van der Waals surface area contributed by atoms with Crippen LogP contribution in [-0.4, -0.2) is 31.4 Å². The standard InChI is InChI=1S/C29H27N5OS/c1-4-34-28(32-33-29(34)36-18-27(35)31-24-15-14-19(2)16-20(24)3)23-17-26(21-10-6-5-7-11-21)30-25-13-9-8-12-22(23)25/h5-17H,4,18H2,1-3H3,(H,31,35). The van der Waals surface area contributed by atoms with Crippen LogP contribution in [-0.2, 0) is 11.3 Å². The third-order valence-corrected chi connectivity index (χ3v) is 7.01. The van der Waals surface area contributed by atoms with E-state index in [1.807, 2.05) is 62.4 Å². The highest BCUT2D eigenvalue weighted by Gasteiger charge is 2.18. The first-order chi connectivity index (χ1) is 17.5. The van der Waals surface area contributed by atoms with Crippen molar-refractivity contribution in [3.8, 4) is 22.6 Å². The van der Waals surface area contributed by atoms with Gasteiger partial charge in [0.1, 0.15) is 0 Å². The van der Waals surface area contributed by atoms with Gasteiger partial charge in [-0.3, -0.25) is 4.79 Å². The fourth-order valence-corrected chi connectivity index (χ4v) is 5.07. The number of carbonyl (C=O) groups excluding carboxylic acids is 1. The third kappa shape index (κ3) is 4.88. The summed E-state index contributed by atoms with van der Waals surface area (Å²) in [6.07, 6.45) is 0. The van der Waals surface area contributed by atoms with E-state index in [0.717, 1.165) is 44.8 Å². The molecule has 0 bridgehead atoms. The van der Waals surface area contributed by atoms with Crippen molar-refractivity contribution in [3.05, 3.63) is 90.0 Å². The zero-order chi connectivity index (χ0) is 25.1. The molecule has 2 heterocycles. The number of nitrogens with one attached hydrogen (secondary N) is 1. The van der Waals surface area contributed by atoms with Crippen molar-refractivity contribution in [1.29, 1.82) is 0 Å². The highest BCUT2D eigenvalue weighted by molar-refractivity contribution is 7.99. The van der Waals surface area contributed by atoms with Crippen LogP contribution in [0.3, 0.4) is 0 Å². The molecule has 0 saturated heterocycles. The monoisotopic (exact) mass is 493 g/mol. The van der Waals surface area contributed by atoms with Crippen LogP contribution in [0.15, 0.2) is 84.0 Å². The van der Waals surface area contributed by atoms with Gasteiger partial charge in [0.05, 0.1) is 17.0 Å². The van der Waals surface area contributed by atoms with E-state index in [4.69, 9.17) is 4.98 Å². The number of nitrogens with zero attached hydrogens (tertiary/aromatic N) is 4. The Morgan fingerprint density at radius 1 is 0.944 bits per heavy atom. The zero-order valence-electron chi connectivity index (χ0n) is 20.5. The summed E-state index contributed by atoms with van der Waals surface area (Å²) in [5.41, 5.74) is 6.86. The van der Waals surface area contributed by atoms with Crippen molar-refractivity contribution in [2.75, 3.05) is 11.1 Å². The molecule has 0 atom stereocenters. The molecule has 0 spiro atoms. The van der Waals surface area contributed by atoms with Gasteiger partial charge in [0.25, 0.3) is 0 Å². The molecule has 0 radical (unpaired) electrons. The number of pyridine rings is 1. The SMILES string of the molecule is CCn1c(SCC(=O)Nc2ccc(C)cc2C)nnc1-c1cc(-c2ccccc2)nc2ccccc12. The predicted molar refractivity (Wildman–Crippen MR) is 147 cm³/mol. The molecule has 36 heavy (non-hydrogen) atoms. The minimum absolute atomic E-state index is 0.0696. The molecule has 3 aromatic carbocycles. The number of hydrogen-bond acceptors (Lipinski definition) is 5. The number of rotatable bonds is 7. The first kappa shape index (κ1) is 23.8. The van der Waals surface area contributed by atoms with Gasteiger partial charge in [0.15, 0.2) is 11.0 Å². The summed E-state index contributed by atoms with van der Waals surface area (Å²) in [5.74, 6) is 0.947. The number of anilines is 1. The average molecular weight is 494 g/mol. The number of aromatic nitrogens is 4.